The molecule has 0 aromatic rings. The molecule has 0 aliphatic heterocycles. The quantitative estimate of drug-likeness (QED) is 0.711. The van der Waals surface area contributed by atoms with Crippen molar-refractivity contribution in [1.82, 2.24) is 4.90 Å². The summed E-state index contributed by atoms with van der Waals surface area (Å²) >= 11 is 0. The van der Waals surface area contributed by atoms with Crippen LogP contribution in [0.5, 0.6) is 0 Å². The summed E-state index contributed by atoms with van der Waals surface area (Å²) in [4.78, 5) is 0.411. The molecule has 0 spiro atoms. The molecule has 0 rings (SSSR count). The first-order valence-corrected chi connectivity index (χ1v) is 4.68. The molecule has 0 unspecified atom stereocenters. The molecule has 1 atom stereocenters. The van der Waals surface area contributed by atoms with Gasteiger partial charge in [0.15, 0.2) is 0 Å². The maximum atomic E-state index is 12.0. The summed E-state index contributed by atoms with van der Waals surface area (Å²) < 4.78 is 71.6. The third kappa shape index (κ3) is 10.3. The summed E-state index contributed by atoms with van der Waals surface area (Å²) in [6, 6.07) is 0. The van der Waals surface area contributed by atoms with Crippen LogP contribution in [0.1, 0.15) is 6.42 Å². The fourth-order valence-electron chi connectivity index (χ4n) is 1.13. The minimum absolute atomic E-state index is 0.411. The average molecular weight is 269 g/mol. The van der Waals surface area contributed by atoms with E-state index in [0.717, 1.165) is 0 Å². The van der Waals surface area contributed by atoms with Crippen LogP contribution in [0.4, 0.5) is 26.3 Å². The number of aliphatic hydroxyl groups excluding tert-OH is 2. The van der Waals surface area contributed by atoms with E-state index in [2.05, 4.69) is 0 Å². The Kier molecular flexibility index (Phi) is 6.20. The standard InChI is InChI=1S/C8H13F6NO2/c9-7(10,11)1-2-15(3-6(17)4-16)5-8(12,13)14/h6,16-17H,1-5H2/t6-/m0/s1. The van der Waals surface area contributed by atoms with E-state index in [9.17, 15) is 26.3 Å². The molecule has 0 aliphatic rings. The van der Waals surface area contributed by atoms with Gasteiger partial charge in [-0.05, 0) is 0 Å². The second-order valence-electron chi connectivity index (χ2n) is 3.55. The summed E-state index contributed by atoms with van der Waals surface area (Å²) in [6.45, 7) is -3.90. The Balaban J connectivity index is 4.30. The molecule has 0 aromatic carbocycles. The van der Waals surface area contributed by atoms with E-state index < -0.39 is 51.1 Å². The molecule has 0 saturated carbocycles. The lowest BCUT2D eigenvalue weighted by atomic mass is 10.3. The summed E-state index contributed by atoms with van der Waals surface area (Å²) in [5.74, 6) is 0. The van der Waals surface area contributed by atoms with Crippen LogP contribution in [-0.2, 0) is 0 Å². The summed E-state index contributed by atoms with van der Waals surface area (Å²) in [6.07, 6.45) is -12.1. The second-order valence-corrected chi connectivity index (χ2v) is 3.55. The second kappa shape index (κ2) is 6.41. The van der Waals surface area contributed by atoms with Gasteiger partial charge in [0.1, 0.15) is 0 Å². The fraction of sp³-hybridized carbons (Fsp3) is 1.00. The third-order valence-electron chi connectivity index (χ3n) is 1.79. The molecule has 0 heterocycles. The zero-order valence-corrected chi connectivity index (χ0v) is 8.72. The number of alkyl halides is 6. The molecule has 104 valence electrons. The van der Waals surface area contributed by atoms with Gasteiger partial charge in [0.2, 0.25) is 0 Å². The molecule has 9 heteroatoms. The Morgan fingerprint density at radius 3 is 1.88 bits per heavy atom. The number of halogens is 6. The SMILES string of the molecule is OC[C@@H](O)CN(CCC(F)(F)F)CC(F)(F)F. The van der Waals surface area contributed by atoms with Gasteiger partial charge in [0.05, 0.1) is 25.7 Å². The van der Waals surface area contributed by atoms with Crippen molar-refractivity contribution >= 4 is 0 Å². The van der Waals surface area contributed by atoms with Crippen LogP contribution in [0.25, 0.3) is 0 Å². The van der Waals surface area contributed by atoms with E-state index in [1.54, 1.807) is 0 Å². The van der Waals surface area contributed by atoms with Crippen molar-refractivity contribution in [2.24, 2.45) is 0 Å². The summed E-state index contributed by atoms with van der Waals surface area (Å²) in [7, 11) is 0. The Hall–Kier alpha value is -0.540. The molecule has 3 nitrogen and oxygen atoms in total. The number of aliphatic hydroxyl groups is 2. The molecule has 0 saturated heterocycles. The van der Waals surface area contributed by atoms with Gasteiger partial charge in [-0.3, -0.25) is 4.90 Å². The molecule has 0 fully saturated rings. The van der Waals surface area contributed by atoms with E-state index in [4.69, 9.17) is 10.2 Å². The lowest BCUT2D eigenvalue weighted by Gasteiger charge is -2.25. The number of nitrogens with zero attached hydrogens (tertiary/aromatic N) is 1. The molecule has 2 N–H and O–H groups in total. The molecule has 0 radical (unpaired) electrons. The largest absolute Gasteiger partial charge is 0.401 e. The van der Waals surface area contributed by atoms with E-state index in [1.165, 1.54) is 0 Å². The number of rotatable bonds is 6. The highest BCUT2D eigenvalue weighted by atomic mass is 19.4. The summed E-state index contributed by atoms with van der Waals surface area (Å²) in [5.41, 5.74) is 0. The van der Waals surface area contributed by atoms with Gasteiger partial charge in [0, 0.05) is 13.1 Å². The highest BCUT2D eigenvalue weighted by Gasteiger charge is 2.34. The highest BCUT2D eigenvalue weighted by molar-refractivity contribution is 4.69. The molecule has 17 heavy (non-hydrogen) atoms. The molecular formula is C8H13F6NO2. The number of hydrogen-bond donors (Lipinski definition) is 2. The Morgan fingerprint density at radius 1 is 1.00 bits per heavy atom. The van der Waals surface area contributed by atoms with Gasteiger partial charge in [-0.2, -0.15) is 26.3 Å². The highest BCUT2D eigenvalue weighted by Crippen LogP contribution is 2.22. The zero-order valence-electron chi connectivity index (χ0n) is 8.72. The zero-order chi connectivity index (χ0) is 13.7. The predicted molar refractivity (Wildman–Crippen MR) is 46.3 cm³/mol. The molecule has 0 aromatic heterocycles. The van der Waals surface area contributed by atoms with Crippen molar-refractivity contribution in [3.8, 4) is 0 Å². The smallest absolute Gasteiger partial charge is 0.394 e. The van der Waals surface area contributed by atoms with Gasteiger partial charge >= 0.3 is 12.4 Å². The van der Waals surface area contributed by atoms with Crippen molar-refractivity contribution < 1.29 is 36.6 Å². The lowest BCUT2D eigenvalue weighted by molar-refractivity contribution is -0.163. The van der Waals surface area contributed by atoms with Gasteiger partial charge in [-0.25, -0.2) is 0 Å². The number of hydrogen-bond acceptors (Lipinski definition) is 3. The minimum Gasteiger partial charge on any atom is -0.394 e. The van der Waals surface area contributed by atoms with Crippen molar-refractivity contribution in [2.45, 2.75) is 24.9 Å². The van der Waals surface area contributed by atoms with Gasteiger partial charge < -0.3 is 10.2 Å². The maximum Gasteiger partial charge on any atom is 0.401 e. The van der Waals surface area contributed by atoms with Crippen LogP contribution >= 0.6 is 0 Å². The lowest BCUT2D eigenvalue weighted by Crippen LogP contribution is -2.41. The first kappa shape index (κ1) is 16.5. The van der Waals surface area contributed by atoms with E-state index in [-0.39, 0.29) is 0 Å². The van der Waals surface area contributed by atoms with Crippen LogP contribution < -0.4 is 0 Å². The van der Waals surface area contributed by atoms with E-state index in [1.807, 2.05) is 0 Å². The Labute approximate surface area is 93.6 Å². The monoisotopic (exact) mass is 269 g/mol. The van der Waals surface area contributed by atoms with Gasteiger partial charge in [0.25, 0.3) is 0 Å². The molecule has 0 amide bonds. The van der Waals surface area contributed by atoms with Crippen LogP contribution in [0.3, 0.4) is 0 Å². The maximum absolute atomic E-state index is 12.0. The van der Waals surface area contributed by atoms with E-state index in [0.29, 0.717) is 4.90 Å². The van der Waals surface area contributed by atoms with Crippen LogP contribution in [0.2, 0.25) is 0 Å². The predicted octanol–water partition coefficient (Wildman–Crippen LogP) is 1.16. The van der Waals surface area contributed by atoms with Crippen molar-refractivity contribution in [2.75, 3.05) is 26.2 Å². The molecular weight excluding hydrogens is 256 g/mol. The first-order valence-electron chi connectivity index (χ1n) is 4.68. The third-order valence-corrected chi connectivity index (χ3v) is 1.79. The fourth-order valence-corrected chi connectivity index (χ4v) is 1.13. The van der Waals surface area contributed by atoms with Crippen LogP contribution in [0.15, 0.2) is 0 Å². The van der Waals surface area contributed by atoms with Crippen LogP contribution in [0, 0.1) is 0 Å². The van der Waals surface area contributed by atoms with E-state index >= 15 is 0 Å². The Morgan fingerprint density at radius 2 is 1.53 bits per heavy atom. The topological polar surface area (TPSA) is 43.7 Å². The normalized spacial score (nSPS) is 15.4. The molecule has 0 aliphatic carbocycles. The first-order chi connectivity index (χ1) is 7.53. The van der Waals surface area contributed by atoms with Crippen LogP contribution in [-0.4, -0.2) is 59.8 Å². The van der Waals surface area contributed by atoms with Crippen molar-refractivity contribution in [1.29, 1.82) is 0 Å². The van der Waals surface area contributed by atoms with Gasteiger partial charge in [-0.15, -0.1) is 0 Å². The Bertz CT molecular complexity index is 217. The van der Waals surface area contributed by atoms with Gasteiger partial charge in [-0.1, -0.05) is 0 Å². The van der Waals surface area contributed by atoms with Crippen molar-refractivity contribution in [3.05, 3.63) is 0 Å². The summed E-state index contributed by atoms with van der Waals surface area (Å²) in [5, 5.41) is 17.3. The minimum atomic E-state index is -4.65. The average Bonchev–Trinajstić information content (AvgIpc) is 2.10. The van der Waals surface area contributed by atoms with Crippen molar-refractivity contribution in [3.63, 3.8) is 0 Å². The molecule has 0 bridgehead atoms.